The molecule has 1 atom stereocenters. The van der Waals surface area contributed by atoms with Crippen LogP contribution in [0, 0.1) is 6.92 Å². The molecule has 1 heterocycles. The summed E-state index contributed by atoms with van der Waals surface area (Å²) >= 11 is 1.56. The first-order chi connectivity index (χ1) is 12.0. The first-order valence-electron chi connectivity index (χ1n) is 7.69. The van der Waals surface area contributed by atoms with E-state index in [1.165, 1.54) is 6.08 Å². The molecule has 1 aromatic heterocycles. The van der Waals surface area contributed by atoms with Gasteiger partial charge in [-0.25, -0.2) is 4.98 Å². The van der Waals surface area contributed by atoms with Gasteiger partial charge in [-0.15, -0.1) is 11.3 Å². The number of hydrogen-bond donors (Lipinski definition) is 1. The van der Waals surface area contributed by atoms with Crippen molar-refractivity contribution >= 4 is 23.3 Å². The van der Waals surface area contributed by atoms with Crippen LogP contribution in [0.15, 0.2) is 23.6 Å². The van der Waals surface area contributed by atoms with Crippen LogP contribution in [0.25, 0.3) is 6.08 Å². The number of aromatic nitrogens is 1. The standard InChI is InChI=1S/C18H22N2O4S/c1-11(14-10-25-12(2)20-14)19-17(21)7-6-13-8-15(22-3)18(24-5)16(9-13)23-4/h6-11H,1-5H3,(H,19,21)/b7-6+. The van der Waals surface area contributed by atoms with Crippen molar-refractivity contribution in [2.45, 2.75) is 19.9 Å². The van der Waals surface area contributed by atoms with Crippen molar-refractivity contribution in [3.63, 3.8) is 0 Å². The van der Waals surface area contributed by atoms with E-state index in [0.29, 0.717) is 17.2 Å². The van der Waals surface area contributed by atoms with Gasteiger partial charge in [0, 0.05) is 11.5 Å². The van der Waals surface area contributed by atoms with Crippen molar-refractivity contribution in [3.8, 4) is 17.2 Å². The maximum Gasteiger partial charge on any atom is 0.244 e. The monoisotopic (exact) mass is 362 g/mol. The van der Waals surface area contributed by atoms with Gasteiger partial charge in [-0.05, 0) is 37.6 Å². The van der Waals surface area contributed by atoms with Gasteiger partial charge < -0.3 is 19.5 Å². The number of thiazole rings is 1. The summed E-state index contributed by atoms with van der Waals surface area (Å²) in [5.74, 6) is 1.38. The molecule has 0 aliphatic carbocycles. The molecule has 0 aliphatic heterocycles. The molecule has 1 aromatic carbocycles. The quantitative estimate of drug-likeness (QED) is 0.765. The third-order valence-corrected chi connectivity index (χ3v) is 4.35. The van der Waals surface area contributed by atoms with Gasteiger partial charge in [0.2, 0.25) is 11.7 Å². The van der Waals surface area contributed by atoms with Crippen LogP contribution < -0.4 is 19.5 Å². The fraction of sp³-hybridized carbons (Fsp3) is 0.333. The summed E-state index contributed by atoms with van der Waals surface area (Å²) < 4.78 is 15.9. The molecule has 2 rings (SSSR count). The minimum absolute atomic E-state index is 0.151. The van der Waals surface area contributed by atoms with Crippen LogP contribution in [0.5, 0.6) is 17.2 Å². The number of nitrogens with zero attached hydrogens (tertiary/aromatic N) is 1. The van der Waals surface area contributed by atoms with Gasteiger partial charge in [0.25, 0.3) is 0 Å². The van der Waals surface area contributed by atoms with E-state index in [1.807, 2.05) is 19.2 Å². The predicted molar refractivity (Wildman–Crippen MR) is 98.5 cm³/mol. The molecule has 0 saturated carbocycles. The van der Waals surface area contributed by atoms with Crippen molar-refractivity contribution in [1.82, 2.24) is 10.3 Å². The summed E-state index contributed by atoms with van der Waals surface area (Å²) in [5.41, 5.74) is 1.62. The largest absolute Gasteiger partial charge is 0.493 e. The first kappa shape index (κ1) is 18.8. The van der Waals surface area contributed by atoms with Gasteiger partial charge in [-0.2, -0.15) is 0 Å². The van der Waals surface area contributed by atoms with Crippen LogP contribution in [0.3, 0.4) is 0 Å². The van der Waals surface area contributed by atoms with Gasteiger partial charge in [0.15, 0.2) is 11.5 Å². The highest BCUT2D eigenvalue weighted by Crippen LogP contribution is 2.38. The first-order valence-corrected chi connectivity index (χ1v) is 8.57. The summed E-state index contributed by atoms with van der Waals surface area (Å²) in [6.07, 6.45) is 3.16. The van der Waals surface area contributed by atoms with Crippen LogP contribution in [-0.2, 0) is 4.79 Å². The highest BCUT2D eigenvalue weighted by atomic mass is 32.1. The highest BCUT2D eigenvalue weighted by Gasteiger charge is 2.13. The Kier molecular flexibility index (Phi) is 6.41. The van der Waals surface area contributed by atoms with Crippen LogP contribution >= 0.6 is 11.3 Å². The number of nitrogens with one attached hydrogen (secondary N) is 1. The minimum atomic E-state index is -0.202. The second-order valence-electron chi connectivity index (χ2n) is 5.31. The number of carbonyl (C=O) groups excluding carboxylic acids is 1. The Hall–Kier alpha value is -2.54. The molecule has 6 nitrogen and oxygen atoms in total. The summed E-state index contributed by atoms with van der Waals surface area (Å²) in [6.45, 7) is 3.84. The van der Waals surface area contributed by atoms with Crippen LogP contribution in [0.2, 0.25) is 0 Å². The topological polar surface area (TPSA) is 69.7 Å². The number of aryl methyl sites for hydroxylation is 1. The van der Waals surface area contributed by atoms with Crippen LogP contribution in [0.1, 0.15) is 29.2 Å². The number of ether oxygens (including phenoxy) is 3. The van der Waals surface area contributed by atoms with Crippen LogP contribution in [0.4, 0.5) is 0 Å². The van der Waals surface area contributed by atoms with Crippen molar-refractivity contribution in [2.24, 2.45) is 0 Å². The Labute approximate surface area is 151 Å². The molecule has 134 valence electrons. The van der Waals surface area contributed by atoms with Crippen LogP contribution in [-0.4, -0.2) is 32.2 Å². The predicted octanol–water partition coefficient (Wildman–Crippen LogP) is 3.37. The number of benzene rings is 1. The van der Waals surface area contributed by atoms with E-state index in [9.17, 15) is 4.79 Å². The van der Waals surface area contributed by atoms with E-state index >= 15 is 0 Å². The fourth-order valence-electron chi connectivity index (χ4n) is 2.28. The number of hydrogen-bond acceptors (Lipinski definition) is 6. The average molecular weight is 362 g/mol. The van der Waals surface area contributed by atoms with E-state index in [0.717, 1.165) is 16.3 Å². The molecule has 0 bridgehead atoms. The zero-order valence-corrected chi connectivity index (χ0v) is 15.8. The molecule has 1 amide bonds. The van der Waals surface area contributed by atoms with Gasteiger partial charge >= 0.3 is 0 Å². The van der Waals surface area contributed by atoms with Crippen molar-refractivity contribution in [1.29, 1.82) is 0 Å². The third kappa shape index (κ3) is 4.73. The lowest BCUT2D eigenvalue weighted by molar-refractivity contribution is -0.117. The zero-order chi connectivity index (χ0) is 18.4. The normalized spacial score (nSPS) is 12.0. The Morgan fingerprint density at radius 2 is 1.84 bits per heavy atom. The minimum Gasteiger partial charge on any atom is -0.493 e. The number of methoxy groups -OCH3 is 3. The Morgan fingerprint density at radius 1 is 1.20 bits per heavy atom. The van der Waals surface area contributed by atoms with Crippen molar-refractivity contribution in [3.05, 3.63) is 39.9 Å². The number of rotatable bonds is 7. The van der Waals surface area contributed by atoms with E-state index in [2.05, 4.69) is 10.3 Å². The maximum atomic E-state index is 12.1. The van der Waals surface area contributed by atoms with Gasteiger partial charge in [-0.3, -0.25) is 4.79 Å². The molecule has 1 unspecified atom stereocenters. The highest BCUT2D eigenvalue weighted by molar-refractivity contribution is 7.09. The van der Waals surface area contributed by atoms with E-state index in [-0.39, 0.29) is 11.9 Å². The number of carbonyl (C=O) groups is 1. The van der Waals surface area contributed by atoms with Crippen molar-refractivity contribution < 1.29 is 19.0 Å². The lowest BCUT2D eigenvalue weighted by atomic mass is 10.1. The molecule has 0 radical (unpaired) electrons. The van der Waals surface area contributed by atoms with Crippen molar-refractivity contribution in [2.75, 3.05) is 21.3 Å². The molecule has 2 aromatic rings. The molecular formula is C18H22N2O4S. The zero-order valence-electron chi connectivity index (χ0n) is 15.0. The summed E-state index contributed by atoms with van der Waals surface area (Å²) in [4.78, 5) is 16.5. The molecule has 0 aliphatic rings. The number of amides is 1. The summed E-state index contributed by atoms with van der Waals surface area (Å²) in [5, 5.41) is 5.81. The molecular weight excluding hydrogens is 340 g/mol. The molecule has 25 heavy (non-hydrogen) atoms. The lowest BCUT2D eigenvalue weighted by Crippen LogP contribution is -2.24. The Balaban J connectivity index is 2.11. The SMILES string of the molecule is COc1cc(/C=C/C(=O)NC(C)c2csc(C)n2)cc(OC)c1OC. The lowest BCUT2D eigenvalue weighted by Gasteiger charge is -2.13. The molecule has 0 saturated heterocycles. The van der Waals surface area contributed by atoms with Gasteiger partial charge in [0.05, 0.1) is 38.1 Å². The van der Waals surface area contributed by atoms with Gasteiger partial charge in [0.1, 0.15) is 0 Å². The van der Waals surface area contributed by atoms with E-state index in [4.69, 9.17) is 14.2 Å². The van der Waals surface area contributed by atoms with E-state index in [1.54, 1.807) is 50.9 Å². The maximum absolute atomic E-state index is 12.1. The Bertz CT molecular complexity index is 745. The van der Waals surface area contributed by atoms with Gasteiger partial charge in [-0.1, -0.05) is 0 Å². The third-order valence-electron chi connectivity index (χ3n) is 3.55. The van der Waals surface area contributed by atoms with E-state index < -0.39 is 0 Å². The second kappa shape index (κ2) is 8.53. The summed E-state index contributed by atoms with van der Waals surface area (Å²) in [6, 6.07) is 3.40. The smallest absolute Gasteiger partial charge is 0.244 e. The molecule has 0 fully saturated rings. The molecule has 7 heteroatoms. The molecule has 1 N–H and O–H groups in total. The summed E-state index contributed by atoms with van der Waals surface area (Å²) in [7, 11) is 4.65. The molecule has 0 spiro atoms. The average Bonchev–Trinajstić information content (AvgIpc) is 3.05. The Morgan fingerprint density at radius 3 is 2.32 bits per heavy atom. The second-order valence-corrected chi connectivity index (χ2v) is 6.38. The fourth-order valence-corrected chi connectivity index (χ4v) is 2.99.